The van der Waals surface area contributed by atoms with E-state index in [1.807, 2.05) is 30.3 Å². The Bertz CT molecular complexity index is 525. The minimum atomic E-state index is -0.224. The van der Waals surface area contributed by atoms with Crippen molar-refractivity contribution in [2.24, 2.45) is 0 Å². The van der Waals surface area contributed by atoms with E-state index in [0.29, 0.717) is 0 Å². The van der Waals surface area contributed by atoms with E-state index in [0.717, 1.165) is 24.0 Å². The SMILES string of the molecule is N#CCC#Cc1ccc(C2(C#N)CC2)cc1. The van der Waals surface area contributed by atoms with Crippen molar-refractivity contribution < 1.29 is 0 Å². The third-order valence-electron chi connectivity index (χ3n) is 2.80. The minimum absolute atomic E-state index is 0.224. The van der Waals surface area contributed by atoms with Crippen LogP contribution in [0, 0.1) is 34.5 Å². The van der Waals surface area contributed by atoms with Crippen LogP contribution in [-0.4, -0.2) is 0 Å². The number of hydrogen-bond acceptors (Lipinski definition) is 2. The summed E-state index contributed by atoms with van der Waals surface area (Å²) >= 11 is 0. The first kappa shape index (κ1) is 10.3. The highest BCUT2D eigenvalue weighted by Crippen LogP contribution is 2.47. The highest BCUT2D eigenvalue weighted by atomic mass is 14.5. The van der Waals surface area contributed by atoms with E-state index < -0.39 is 0 Å². The molecule has 1 aliphatic rings. The highest BCUT2D eigenvalue weighted by Gasteiger charge is 2.44. The zero-order chi connectivity index (χ0) is 11.4. The predicted octanol–water partition coefficient (Wildman–Crippen LogP) is 2.51. The van der Waals surface area contributed by atoms with Gasteiger partial charge in [-0.2, -0.15) is 10.5 Å². The summed E-state index contributed by atoms with van der Waals surface area (Å²) in [7, 11) is 0. The molecule has 0 aliphatic heterocycles. The summed E-state index contributed by atoms with van der Waals surface area (Å²) in [5.74, 6) is 5.67. The summed E-state index contributed by atoms with van der Waals surface area (Å²) in [6.07, 6.45) is 2.18. The lowest BCUT2D eigenvalue weighted by Crippen LogP contribution is -2.01. The molecule has 0 unspecified atom stereocenters. The maximum absolute atomic E-state index is 9.04. The van der Waals surface area contributed by atoms with Crippen molar-refractivity contribution in [1.82, 2.24) is 0 Å². The second-order valence-corrected chi connectivity index (χ2v) is 3.91. The van der Waals surface area contributed by atoms with Gasteiger partial charge in [-0.15, -0.1) is 0 Å². The molecule has 0 amide bonds. The van der Waals surface area contributed by atoms with Gasteiger partial charge in [0.2, 0.25) is 0 Å². The van der Waals surface area contributed by atoms with Crippen molar-refractivity contribution >= 4 is 0 Å². The molecule has 16 heavy (non-hydrogen) atoms. The topological polar surface area (TPSA) is 47.6 Å². The fraction of sp³-hybridized carbons (Fsp3) is 0.286. The molecule has 1 saturated carbocycles. The molecule has 1 aromatic carbocycles. The van der Waals surface area contributed by atoms with Gasteiger partial charge in [0, 0.05) is 5.56 Å². The molecule has 2 nitrogen and oxygen atoms in total. The lowest BCUT2D eigenvalue weighted by molar-refractivity contribution is 0.908. The lowest BCUT2D eigenvalue weighted by Gasteiger charge is -2.04. The van der Waals surface area contributed by atoms with E-state index in [4.69, 9.17) is 10.5 Å². The van der Waals surface area contributed by atoms with E-state index in [2.05, 4.69) is 17.9 Å². The molecule has 2 heteroatoms. The zero-order valence-electron chi connectivity index (χ0n) is 8.83. The first-order valence-corrected chi connectivity index (χ1v) is 5.18. The van der Waals surface area contributed by atoms with Crippen molar-refractivity contribution in [3.05, 3.63) is 35.4 Å². The number of benzene rings is 1. The van der Waals surface area contributed by atoms with Crippen molar-refractivity contribution in [2.45, 2.75) is 24.7 Å². The van der Waals surface area contributed by atoms with Gasteiger partial charge in [0.05, 0.1) is 24.0 Å². The number of rotatable bonds is 1. The lowest BCUT2D eigenvalue weighted by atomic mass is 9.97. The molecule has 0 aromatic heterocycles. The summed E-state index contributed by atoms with van der Waals surface area (Å²) in [5, 5.41) is 17.4. The second kappa shape index (κ2) is 4.09. The van der Waals surface area contributed by atoms with Gasteiger partial charge in [0.15, 0.2) is 0 Å². The van der Waals surface area contributed by atoms with Crippen LogP contribution in [-0.2, 0) is 5.41 Å². The Kier molecular flexibility index (Phi) is 2.63. The third kappa shape index (κ3) is 1.90. The summed E-state index contributed by atoms with van der Waals surface area (Å²) in [5.41, 5.74) is 1.76. The van der Waals surface area contributed by atoms with Crippen LogP contribution in [0.4, 0.5) is 0 Å². The van der Waals surface area contributed by atoms with E-state index in [1.54, 1.807) is 0 Å². The molecule has 0 spiro atoms. The molecular formula is C14H10N2. The highest BCUT2D eigenvalue weighted by molar-refractivity contribution is 5.43. The van der Waals surface area contributed by atoms with Crippen LogP contribution in [0.1, 0.15) is 30.4 Å². The van der Waals surface area contributed by atoms with Crippen molar-refractivity contribution in [1.29, 1.82) is 10.5 Å². The zero-order valence-corrected chi connectivity index (χ0v) is 8.83. The number of nitrogens with zero attached hydrogens (tertiary/aromatic N) is 2. The maximum atomic E-state index is 9.04. The Balaban J connectivity index is 2.16. The van der Waals surface area contributed by atoms with E-state index in [-0.39, 0.29) is 11.8 Å². The summed E-state index contributed by atoms with van der Waals surface area (Å²) < 4.78 is 0. The van der Waals surface area contributed by atoms with Crippen molar-refractivity contribution in [3.63, 3.8) is 0 Å². The Labute approximate surface area is 95.1 Å². The molecule has 0 atom stereocenters. The Morgan fingerprint density at radius 3 is 2.31 bits per heavy atom. The summed E-state index contributed by atoms with van der Waals surface area (Å²) in [4.78, 5) is 0. The van der Waals surface area contributed by atoms with E-state index in [9.17, 15) is 0 Å². The summed E-state index contributed by atoms with van der Waals surface area (Å²) in [6.45, 7) is 0. The molecule has 1 aromatic rings. The fourth-order valence-corrected chi connectivity index (χ4v) is 1.65. The second-order valence-electron chi connectivity index (χ2n) is 3.91. The molecule has 0 saturated heterocycles. The third-order valence-corrected chi connectivity index (χ3v) is 2.80. The Morgan fingerprint density at radius 1 is 1.12 bits per heavy atom. The molecule has 0 heterocycles. The van der Waals surface area contributed by atoms with Crippen LogP contribution in [0.2, 0.25) is 0 Å². The van der Waals surface area contributed by atoms with Gasteiger partial charge >= 0.3 is 0 Å². The van der Waals surface area contributed by atoms with Crippen LogP contribution in [0.25, 0.3) is 0 Å². The van der Waals surface area contributed by atoms with Gasteiger partial charge in [0.25, 0.3) is 0 Å². The molecule has 0 radical (unpaired) electrons. The quantitative estimate of drug-likeness (QED) is 0.663. The molecule has 0 N–H and O–H groups in total. The van der Waals surface area contributed by atoms with E-state index >= 15 is 0 Å². The minimum Gasteiger partial charge on any atom is -0.197 e. The monoisotopic (exact) mass is 206 g/mol. The Morgan fingerprint density at radius 2 is 1.81 bits per heavy atom. The van der Waals surface area contributed by atoms with Crippen LogP contribution in [0.3, 0.4) is 0 Å². The van der Waals surface area contributed by atoms with Crippen LogP contribution in [0.15, 0.2) is 24.3 Å². The molecular weight excluding hydrogens is 196 g/mol. The average Bonchev–Trinajstić information content (AvgIpc) is 3.11. The van der Waals surface area contributed by atoms with Gasteiger partial charge in [0.1, 0.15) is 0 Å². The fourth-order valence-electron chi connectivity index (χ4n) is 1.65. The standard InChI is InChI=1S/C14H10N2/c15-10-2-1-3-12-4-6-13(7-5-12)14(11-16)8-9-14/h4-7H,2,8-9H2. The molecule has 76 valence electrons. The first-order chi connectivity index (χ1) is 7.80. The molecule has 1 fully saturated rings. The largest absolute Gasteiger partial charge is 0.197 e. The number of nitriles is 2. The smallest absolute Gasteiger partial charge is 0.0966 e. The molecule has 1 aliphatic carbocycles. The molecule has 2 rings (SSSR count). The van der Waals surface area contributed by atoms with Crippen molar-refractivity contribution in [3.8, 4) is 24.0 Å². The normalized spacial score (nSPS) is 15.1. The predicted molar refractivity (Wildman–Crippen MR) is 60.1 cm³/mol. The van der Waals surface area contributed by atoms with Gasteiger partial charge in [-0.3, -0.25) is 0 Å². The van der Waals surface area contributed by atoms with Gasteiger partial charge in [-0.25, -0.2) is 0 Å². The van der Waals surface area contributed by atoms with Crippen LogP contribution < -0.4 is 0 Å². The van der Waals surface area contributed by atoms with Gasteiger partial charge < -0.3 is 0 Å². The molecule has 0 bridgehead atoms. The number of hydrogen-bond donors (Lipinski definition) is 0. The van der Waals surface area contributed by atoms with Crippen molar-refractivity contribution in [2.75, 3.05) is 0 Å². The van der Waals surface area contributed by atoms with Gasteiger partial charge in [-0.1, -0.05) is 24.0 Å². The van der Waals surface area contributed by atoms with E-state index in [1.165, 1.54) is 0 Å². The average molecular weight is 206 g/mol. The van der Waals surface area contributed by atoms with Crippen LogP contribution >= 0.6 is 0 Å². The Hall–Kier alpha value is -2.24. The maximum Gasteiger partial charge on any atom is 0.0966 e. The summed E-state index contributed by atoms with van der Waals surface area (Å²) in [6, 6.07) is 12.1. The van der Waals surface area contributed by atoms with Crippen LogP contribution in [0.5, 0.6) is 0 Å². The van der Waals surface area contributed by atoms with Gasteiger partial charge in [-0.05, 0) is 30.5 Å². The first-order valence-electron chi connectivity index (χ1n) is 5.18.